The zero-order valence-electron chi connectivity index (χ0n) is 11.4. The van der Waals surface area contributed by atoms with Crippen molar-refractivity contribution >= 4 is 40.8 Å². The molecule has 0 saturated carbocycles. The first-order valence-corrected chi connectivity index (χ1v) is 9.33. The molecule has 6 heteroatoms. The molecule has 0 spiro atoms. The minimum Gasteiger partial charge on any atom is -0.477 e. The van der Waals surface area contributed by atoms with Crippen LogP contribution in [0.25, 0.3) is 0 Å². The maximum Gasteiger partial charge on any atom is 0.347 e. The second-order valence-electron chi connectivity index (χ2n) is 4.75. The van der Waals surface area contributed by atoms with Crippen molar-refractivity contribution in [3.63, 3.8) is 0 Å². The Labute approximate surface area is 126 Å². The van der Waals surface area contributed by atoms with Crippen LogP contribution in [-0.2, 0) is 6.42 Å². The summed E-state index contributed by atoms with van der Waals surface area (Å²) in [6.45, 7) is 6.55. The molecule has 0 radical (unpaired) electrons. The second kappa shape index (κ2) is 6.50. The van der Waals surface area contributed by atoms with Gasteiger partial charge in [-0.2, -0.15) is 11.8 Å². The number of carboxylic acid groups (broad SMARTS) is 1. The molecular weight excluding hydrogens is 298 g/mol. The Morgan fingerprint density at radius 1 is 1.42 bits per heavy atom. The molecule has 1 aliphatic rings. The van der Waals surface area contributed by atoms with Crippen LogP contribution < -0.4 is 0 Å². The van der Waals surface area contributed by atoms with Gasteiger partial charge in [-0.05, 0) is 6.42 Å². The normalized spacial score (nSPS) is 27.4. The number of thiazole rings is 1. The first-order valence-electron chi connectivity index (χ1n) is 6.52. The van der Waals surface area contributed by atoms with E-state index in [2.05, 4.69) is 25.8 Å². The fraction of sp³-hybridized carbons (Fsp3) is 0.692. The Hall–Kier alpha value is -0.200. The van der Waals surface area contributed by atoms with E-state index >= 15 is 0 Å². The highest BCUT2D eigenvalue weighted by Gasteiger charge is 2.30. The van der Waals surface area contributed by atoms with Crippen LogP contribution in [0.3, 0.4) is 0 Å². The second-order valence-corrected chi connectivity index (χ2v) is 8.78. The topological polar surface area (TPSA) is 50.2 Å². The molecule has 1 aromatic heterocycles. The fourth-order valence-corrected chi connectivity index (χ4v) is 6.14. The third kappa shape index (κ3) is 3.47. The molecule has 0 bridgehead atoms. The van der Waals surface area contributed by atoms with E-state index in [1.807, 2.05) is 23.5 Å². The number of hydrogen-bond acceptors (Lipinski definition) is 5. The average molecular weight is 318 g/mol. The van der Waals surface area contributed by atoms with Gasteiger partial charge in [-0.3, -0.25) is 0 Å². The lowest BCUT2D eigenvalue weighted by Gasteiger charge is -2.30. The summed E-state index contributed by atoms with van der Waals surface area (Å²) in [5.74, 6) is 0.205. The van der Waals surface area contributed by atoms with Gasteiger partial charge in [0.1, 0.15) is 9.88 Å². The van der Waals surface area contributed by atoms with Gasteiger partial charge in [-0.1, -0.05) is 27.2 Å². The van der Waals surface area contributed by atoms with Gasteiger partial charge in [-0.15, -0.1) is 23.1 Å². The monoisotopic (exact) mass is 317 g/mol. The van der Waals surface area contributed by atoms with Crippen molar-refractivity contribution in [3.05, 3.63) is 15.6 Å². The number of carbonyl (C=O) groups is 1. The van der Waals surface area contributed by atoms with Crippen LogP contribution in [-0.4, -0.2) is 32.3 Å². The van der Waals surface area contributed by atoms with Crippen LogP contribution in [0.1, 0.15) is 52.8 Å². The molecule has 106 valence electrons. The zero-order chi connectivity index (χ0) is 14.0. The van der Waals surface area contributed by atoms with Crippen LogP contribution >= 0.6 is 34.9 Å². The lowest BCUT2D eigenvalue weighted by atomic mass is 10.2. The van der Waals surface area contributed by atoms with Gasteiger partial charge in [0.15, 0.2) is 0 Å². The highest BCUT2D eigenvalue weighted by Crippen LogP contribution is 2.45. The summed E-state index contributed by atoms with van der Waals surface area (Å²) >= 11 is 5.27. The first kappa shape index (κ1) is 15.2. The van der Waals surface area contributed by atoms with Crippen LogP contribution in [0, 0.1) is 0 Å². The van der Waals surface area contributed by atoms with E-state index in [0.29, 0.717) is 20.6 Å². The molecule has 1 saturated heterocycles. The minimum absolute atomic E-state index is 0.352. The number of aromatic carboxylic acids is 1. The summed E-state index contributed by atoms with van der Waals surface area (Å²) in [7, 11) is 0. The van der Waals surface area contributed by atoms with Crippen molar-refractivity contribution in [3.8, 4) is 0 Å². The van der Waals surface area contributed by atoms with Crippen molar-refractivity contribution in [2.45, 2.75) is 49.4 Å². The van der Waals surface area contributed by atoms with E-state index in [0.717, 1.165) is 29.3 Å². The summed E-state index contributed by atoms with van der Waals surface area (Å²) in [4.78, 5) is 16.3. The standard InChI is InChI=1S/C13H19NO2S3/c1-4-5-9-11(13(15)16)19-12(14-9)10-6-17-7(2)8(3)18-10/h7-8,10H,4-6H2,1-3H3,(H,15,16). The quantitative estimate of drug-likeness (QED) is 0.906. The van der Waals surface area contributed by atoms with Crippen molar-refractivity contribution in [1.82, 2.24) is 4.98 Å². The molecule has 3 nitrogen and oxygen atoms in total. The van der Waals surface area contributed by atoms with Crippen LogP contribution in [0.15, 0.2) is 0 Å². The number of aryl methyl sites for hydroxylation is 1. The predicted octanol–water partition coefficient (Wildman–Crippen LogP) is 4.09. The molecule has 19 heavy (non-hydrogen) atoms. The first-order chi connectivity index (χ1) is 9.02. The highest BCUT2D eigenvalue weighted by atomic mass is 32.2. The number of thioether (sulfide) groups is 2. The summed E-state index contributed by atoms with van der Waals surface area (Å²) in [5.41, 5.74) is 0.770. The maximum absolute atomic E-state index is 11.3. The number of hydrogen-bond donors (Lipinski definition) is 1. The van der Waals surface area contributed by atoms with Crippen LogP contribution in [0.5, 0.6) is 0 Å². The lowest BCUT2D eigenvalue weighted by Crippen LogP contribution is -2.21. The summed E-state index contributed by atoms with van der Waals surface area (Å²) < 4.78 is 0. The molecule has 1 fully saturated rings. The molecule has 3 atom stereocenters. The molecule has 1 aromatic rings. The van der Waals surface area contributed by atoms with Crippen LogP contribution in [0.2, 0.25) is 0 Å². The zero-order valence-corrected chi connectivity index (χ0v) is 13.8. The molecule has 1 N–H and O–H groups in total. The summed E-state index contributed by atoms with van der Waals surface area (Å²) in [6, 6.07) is 0. The summed E-state index contributed by atoms with van der Waals surface area (Å²) in [6.07, 6.45) is 1.69. The summed E-state index contributed by atoms with van der Waals surface area (Å²) in [5, 5.41) is 11.9. The molecule has 2 heterocycles. The van der Waals surface area contributed by atoms with Gasteiger partial charge in [0.25, 0.3) is 0 Å². The average Bonchev–Trinajstić information content (AvgIpc) is 2.77. The van der Waals surface area contributed by atoms with Crippen molar-refractivity contribution in [2.75, 3.05) is 5.75 Å². The van der Waals surface area contributed by atoms with Gasteiger partial charge in [0.05, 0.1) is 10.9 Å². The molecule has 0 amide bonds. The van der Waals surface area contributed by atoms with Gasteiger partial charge in [0, 0.05) is 16.3 Å². The Bertz CT molecular complexity index is 461. The Kier molecular flexibility index (Phi) is 5.20. The van der Waals surface area contributed by atoms with Crippen molar-refractivity contribution in [1.29, 1.82) is 0 Å². The van der Waals surface area contributed by atoms with Gasteiger partial charge in [0.2, 0.25) is 0 Å². The van der Waals surface area contributed by atoms with E-state index in [9.17, 15) is 9.90 Å². The number of aromatic nitrogens is 1. The van der Waals surface area contributed by atoms with E-state index in [1.54, 1.807) is 0 Å². The van der Waals surface area contributed by atoms with Gasteiger partial charge >= 0.3 is 5.97 Å². The molecular formula is C13H19NO2S3. The number of carboxylic acids is 1. The SMILES string of the molecule is CCCc1nc(C2CSC(C)C(C)S2)sc1C(=O)O. The highest BCUT2D eigenvalue weighted by molar-refractivity contribution is 8.07. The third-order valence-corrected chi connectivity index (χ3v) is 7.97. The Morgan fingerprint density at radius 2 is 2.16 bits per heavy atom. The van der Waals surface area contributed by atoms with E-state index in [4.69, 9.17) is 0 Å². The molecule has 1 aliphatic heterocycles. The fourth-order valence-electron chi connectivity index (χ4n) is 1.99. The molecule has 0 aromatic carbocycles. The smallest absolute Gasteiger partial charge is 0.347 e. The van der Waals surface area contributed by atoms with Crippen molar-refractivity contribution < 1.29 is 9.90 Å². The Morgan fingerprint density at radius 3 is 2.74 bits per heavy atom. The van der Waals surface area contributed by atoms with Crippen molar-refractivity contribution in [2.24, 2.45) is 0 Å². The van der Waals surface area contributed by atoms with E-state index in [1.165, 1.54) is 11.3 Å². The largest absolute Gasteiger partial charge is 0.477 e. The molecule has 2 rings (SSSR count). The minimum atomic E-state index is -0.831. The third-order valence-electron chi connectivity index (χ3n) is 3.22. The lowest BCUT2D eigenvalue weighted by molar-refractivity contribution is 0.0700. The molecule has 0 aliphatic carbocycles. The van der Waals surface area contributed by atoms with Gasteiger partial charge < -0.3 is 5.11 Å². The molecule has 3 unspecified atom stereocenters. The Balaban J connectivity index is 2.20. The number of rotatable bonds is 4. The van der Waals surface area contributed by atoms with Gasteiger partial charge in [-0.25, -0.2) is 9.78 Å². The maximum atomic E-state index is 11.3. The van der Waals surface area contributed by atoms with E-state index in [-0.39, 0.29) is 0 Å². The predicted molar refractivity (Wildman–Crippen MR) is 84.8 cm³/mol. The van der Waals surface area contributed by atoms with E-state index < -0.39 is 5.97 Å². The van der Waals surface area contributed by atoms with Crippen LogP contribution in [0.4, 0.5) is 0 Å². The number of nitrogens with zero attached hydrogens (tertiary/aromatic N) is 1.